The minimum absolute atomic E-state index is 0.0962. The van der Waals surface area contributed by atoms with E-state index in [9.17, 15) is 5.11 Å². The highest BCUT2D eigenvalue weighted by molar-refractivity contribution is 7.18. The number of hydrogen-bond donors (Lipinski definition) is 1. The smallest absolute Gasteiger partial charge is 0.294 e. The lowest BCUT2D eigenvalue weighted by Crippen LogP contribution is -1.91. The molecular formula is C13H11N5O3S. The molecule has 0 amide bonds. The molecule has 9 heteroatoms. The second kappa shape index (κ2) is 4.60. The number of aromatic hydroxyl groups is 1. The van der Waals surface area contributed by atoms with Crippen LogP contribution in [0.2, 0.25) is 0 Å². The molecule has 0 spiro atoms. The summed E-state index contributed by atoms with van der Waals surface area (Å²) in [7, 11) is 3.10. The van der Waals surface area contributed by atoms with E-state index in [1.807, 2.05) is 0 Å². The molecule has 0 saturated heterocycles. The van der Waals surface area contributed by atoms with Gasteiger partial charge >= 0.3 is 0 Å². The van der Waals surface area contributed by atoms with E-state index in [-0.39, 0.29) is 5.75 Å². The van der Waals surface area contributed by atoms with Crippen LogP contribution in [0.3, 0.4) is 0 Å². The first-order chi connectivity index (χ1) is 10.7. The molecule has 22 heavy (non-hydrogen) atoms. The first-order valence-electron chi connectivity index (χ1n) is 6.35. The average Bonchev–Trinajstić information content (AvgIpc) is 3.18. The fraction of sp³-hybridized carbons (Fsp3) is 0.154. The summed E-state index contributed by atoms with van der Waals surface area (Å²) in [4.78, 5) is 5.18. The van der Waals surface area contributed by atoms with Crippen LogP contribution < -0.4 is 9.47 Å². The normalized spacial score (nSPS) is 11.4. The second-order valence-electron chi connectivity index (χ2n) is 4.55. The van der Waals surface area contributed by atoms with Crippen molar-refractivity contribution in [2.45, 2.75) is 0 Å². The second-order valence-corrected chi connectivity index (χ2v) is 5.47. The van der Waals surface area contributed by atoms with E-state index in [4.69, 9.17) is 9.47 Å². The van der Waals surface area contributed by atoms with E-state index in [0.717, 1.165) is 0 Å². The number of rotatable bonds is 3. The van der Waals surface area contributed by atoms with Crippen LogP contribution in [0.15, 0.2) is 24.5 Å². The molecule has 0 aliphatic heterocycles. The van der Waals surface area contributed by atoms with Crippen molar-refractivity contribution in [2.75, 3.05) is 14.2 Å². The number of nitrogens with zero attached hydrogens (tertiary/aromatic N) is 5. The van der Waals surface area contributed by atoms with Gasteiger partial charge in [0.2, 0.25) is 4.96 Å². The van der Waals surface area contributed by atoms with E-state index in [1.165, 1.54) is 18.4 Å². The van der Waals surface area contributed by atoms with Gasteiger partial charge < -0.3 is 14.6 Å². The van der Waals surface area contributed by atoms with Gasteiger partial charge in [0.05, 0.1) is 26.6 Å². The van der Waals surface area contributed by atoms with Crippen LogP contribution in [-0.2, 0) is 0 Å². The molecule has 4 aromatic rings. The molecule has 0 atom stereocenters. The molecule has 4 aromatic heterocycles. The Morgan fingerprint density at radius 3 is 2.64 bits per heavy atom. The first-order valence-corrected chi connectivity index (χ1v) is 7.16. The van der Waals surface area contributed by atoms with Crippen molar-refractivity contribution < 1.29 is 14.6 Å². The lowest BCUT2D eigenvalue weighted by molar-refractivity contribution is 0.404. The Hall–Kier alpha value is -2.81. The van der Waals surface area contributed by atoms with E-state index < -0.39 is 0 Å². The summed E-state index contributed by atoms with van der Waals surface area (Å²) in [5.41, 5.74) is 1.89. The summed E-state index contributed by atoms with van der Waals surface area (Å²) in [5.74, 6) is 0.621. The predicted molar refractivity (Wildman–Crippen MR) is 79.8 cm³/mol. The molecule has 0 aromatic carbocycles. The fourth-order valence-corrected chi connectivity index (χ4v) is 2.87. The van der Waals surface area contributed by atoms with Crippen molar-refractivity contribution in [2.24, 2.45) is 0 Å². The summed E-state index contributed by atoms with van der Waals surface area (Å²) >= 11 is 1.34. The van der Waals surface area contributed by atoms with Crippen LogP contribution in [0.5, 0.6) is 16.7 Å². The van der Waals surface area contributed by atoms with Crippen molar-refractivity contribution in [1.29, 1.82) is 0 Å². The standard InChI is InChI=1S/C13H11N5O3S/c1-20-7-3-11(19)10-4-8(15-17(10)5-7)9-6-18-12(14-9)22-13(16-18)21-2/h3-6,19H,1-2H3. The molecule has 112 valence electrons. The van der Waals surface area contributed by atoms with Gasteiger partial charge in [0.15, 0.2) is 0 Å². The maximum Gasteiger partial charge on any atom is 0.294 e. The lowest BCUT2D eigenvalue weighted by Gasteiger charge is -2.01. The molecule has 0 radical (unpaired) electrons. The van der Waals surface area contributed by atoms with Crippen LogP contribution in [0.1, 0.15) is 0 Å². The number of fused-ring (bicyclic) bond motifs is 2. The number of hydrogen-bond acceptors (Lipinski definition) is 7. The Morgan fingerprint density at radius 2 is 1.91 bits per heavy atom. The zero-order valence-corrected chi connectivity index (χ0v) is 12.5. The third-order valence-corrected chi connectivity index (χ3v) is 4.11. The fourth-order valence-electron chi connectivity index (χ4n) is 2.18. The van der Waals surface area contributed by atoms with Gasteiger partial charge in [0.25, 0.3) is 5.19 Å². The van der Waals surface area contributed by atoms with Gasteiger partial charge in [-0.2, -0.15) is 5.10 Å². The van der Waals surface area contributed by atoms with Crippen LogP contribution in [0, 0.1) is 0 Å². The van der Waals surface area contributed by atoms with Crippen molar-refractivity contribution in [3.63, 3.8) is 0 Å². The number of ether oxygens (including phenoxy) is 2. The molecule has 4 rings (SSSR count). The monoisotopic (exact) mass is 317 g/mol. The Kier molecular flexibility index (Phi) is 2.70. The molecule has 0 unspecified atom stereocenters. The maximum atomic E-state index is 10.0. The van der Waals surface area contributed by atoms with Gasteiger partial charge in [0.1, 0.15) is 28.4 Å². The number of methoxy groups -OCH3 is 2. The van der Waals surface area contributed by atoms with E-state index in [1.54, 1.807) is 40.7 Å². The third kappa shape index (κ3) is 1.86. The van der Waals surface area contributed by atoms with E-state index in [0.29, 0.717) is 32.8 Å². The molecule has 4 heterocycles. The van der Waals surface area contributed by atoms with Gasteiger partial charge in [0, 0.05) is 6.07 Å². The topological polar surface area (TPSA) is 86.2 Å². The van der Waals surface area contributed by atoms with Gasteiger partial charge in [-0.25, -0.2) is 14.0 Å². The zero-order valence-electron chi connectivity index (χ0n) is 11.7. The lowest BCUT2D eigenvalue weighted by atomic mass is 10.3. The summed E-state index contributed by atoms with van der Waals surface area (Å²) in [6.45, 7) is 0. The highest BCUT2D eigenvalue weighted by atomic mass is 32.1. The van der Waals surface area contributed by atoms with Crippen molar-refractivity contribution in [3.8, 4) is 28.1 Å². The minimum atomic E-state index is 0.0962. The molecule has 0 saturated carbocycles. The third-order valence-electron chi connectivity index (χ3n) is 3.22. The maximum absolute atomic E-state index is 10.0. The minimum Gasteiger partial charge on any atom is -0.506 e. The summed E-state index contributed by atoms with van der Waals surface area (Å²) in [6.07, 6.45) is 3.46. The Morgan fingerprint density at radius 1 is 1.05 bits per heavy atom. The Bertz CT molecular complexity index is 955. The van der Waals surface area contributed by atoms with Gasteiger partial charge in [-0.1, -0.05) is 0 Å². The van der Waals surface area contributed by atoms with Crippen LogP contribution in [0.25, 0.3) is 21.9 Å². The van der Waals surface area contributed by atoms with Crippen LogP contribution in [0.4, 0.5) is 0 Å². The molecule has 0 aliphatic carbocycles. The molecular weight excluding hydrogens is 306 g/mol. The highest BCUT2D eigenvalue weighted by Gasteiger charge is 2.14. The summed E-state index contributed by atoms with van der Waals surface area (Å²) in [5, 5.41) is 19.2. The van der Waals surface area contributed by atoms with Gasteiger partial charge in [-0.3, -0.25) is 0 Å². The number of imidazole rings is 1. The van der Waals surface area contributed by atoms with Crippen molar-refractivity contribution >= 4 is 21.8 Å². The quantitative estimate of drug-likeness (QED) is 0.620. The van der Waals surface area contributed by atoms with Crippen molar-refractivity contribution in [3.05, 3.63) is 24.5 Å². The predicted octanol–water partition coefficient (Wildman–Crippen LogP) is 1.83. The van der Waals surface area contributed by atoms with Gasteiger partial charge in [-0.15, -0.1) is 5.10 Å². The number of pyridine rings is 1. The summed E-state index contributed by atoms with van der Waals surface area (Å²) in [6, 6.07) is 3.30. The van der Waals surface area contributed by atoms with Gasteiger partial charge in [-0.05, 0) is 17.4 Å². The molecule has 0 aliphatic rings. The molecule has 0 fully saturated rings. The molecule has 8 nitrogen and oxygen atoms in total. The van der Waals surface area contributed by atoms with Crippen LogP contribution >= 0.6 is 11.3 Å². The summed E-state index contributed by atoms with van der Waals surface area (Å²) < 4.78 is 13.4. The largest absolute Gasteiger partial charge is 0.506 e. The van der Waals surface area contributed by atoms with Crippen molar-refractivity contribution in [1.82, 2.24) is 24.2 Å². The van der Waals surface area contributed by atoms with E-state index >= 15 is 0 Å². The van der Waals surface area contributed by atoms with Crippen LogP contribution in [-0.4, -0.2) is 43.5 Å². The van der Waals surface area contributed by atoms with E-state index in [2.05, 4.69) is 15.2 Å². The first kappa shape index (κ1) is 12.9. The Labute approximate surface area is 128 Å². The molecule has 0 bridgehead atoms. The Balaban J connectivity index is 1.84. The average molecular weight is 317 g/mol. The zero-order chi connectivity index (χ0) is 15.3. The number of aromatic nitrogens is 5. The highest BCUT2D eigenvalue weighted by Crippen LogP contribution is 2.29. The SMILES string of the molecule is COc1cc(O)c2cc(-c3cn4nc(OC)sc4n3)nn2c1. The molecule has 1 N–H and O–H groups in total.